The zero-order valence-electron chi connectivity index (χ0n) is 9.90. The summed E-state index contributed by atoms with van der Waals surface area (Å²) in [5.74, 6) is 0.440. The smallest absolute Gasteiger partial charge is 0.279 e. The van der Waals surface area contributed by atoms with E-state index in [-0.39, 0.29) is 12.4 Å². The van der Waals surface area contributed by atoms with Crippen molar-refractivity contribution in [2.24, 2.45) is 5.92 Å². The van der Waals surface area contributed by atoms with Crippen LogP contribution in [0.5, 0.6) is 0 Å². The first kappa shape index (κ1) is 16.1. The average Bonchev–Trinajstić information content (AvgIpc) is 2.69. The Morgan fingerprint density at radius 2 is 2.00 bits per heavy atom. The van der Waals surface area contributed by atoms with Crippen molar-refractivity contribution >= 4 is 22.6 Å². The van der Waals surface area contributed by atoms with Gasteiger partial charge < -0.3 is 5.32 Å². The third-order valence-electron chi connectivity index (χ3n) is 2.76. The van der Waals surface area contributed by atoms with Crippen LogP contribution >= 0.6 is 12.4 Å². The van der Waals surface area contributed by atoms with Crippen LogP contribution in [0.1, 0.15) is 20.3 Å². The van der Waals surface area contributed by atoms with Gasteiger partial charge in [-0.05, 0) is 25.4 Å². The van der Waals surface area contributed by atoms with Crippen LogP contribution in [0.15, 0.2) is 0 Å². The van der Waals surface area contributed by atoms with Crippen molar-refractivity contribution in [3.63, 3.8) is 0 Å². The molecule has 1 aliphatic heterocycles. The van der Waals surface area contributed by atoms with Crippen molar-refractivity contribution in [1.82, 2.24) is 14.3 Å². The van der Waals surface area contributed by atoms with E-state index in [1.807, 2.05) is 13.8 Å². The Hall–Kier alpha value is 0.120. The standard InChI is InChI=1S/C9H21N3O2S.ClH/c1-3-12(4-2)15(13,14)11-8-9-5-6-10-7-9;/h9-11H,3-8H2,1-2H3;1H. The Balaban J connectivity index is 0.00000225. The molecule has 7 heteroatoms. The summed E-state index contributed by atoms with van der Waals surface area (Å²) in [7, 11) is -3.25. The molecule has 1 atom stereocenters. The van der Waals surface area contributed by atoms with Crippen molar-refractivity contribution in [3.05, 3.63) is 0 Å². The fourth-order valence-corrected chi connectivity index (χ4v) is 3.08. The predicted octanol–water partition coefficient (Wildman–Crippen LogP) is 0.194. The van der Waals surface area contributed by atoms with Gasteiger partial charge in [0, 0.05) is 19.6 Å². The Kier molecular flexibility index (Phi) is 7.50. The van der Waals surface area contributed by atoms with Crippen molar-refractivity contribution < 1.29 is 8.42 Å². The fourth-order valence-electron chi connectivity index (χ4n) is 1.77. The van der Waals surface area contributed by atoms with E-state index in [0.717, 1.165) is 19.5 Å². The molecule has 0 saturated carbocycles. The highest BCUT2D eigenvalue weighted by molar-refractivity contribution is 7.87. The maximum atomic E-state index is 11.7. The van der Waals surface area contributed by atoms with Gasteiger partial charge in [0.05, 0.1) is 0 Å². The number of halogens is 1. The second-order valence-electron chi connectivity index (χ2n) is 3.80. The van der Waals surface area contributed by atoms with E-state index in [4.69, 9.17) is 0 Å². The molecular weight excluding hydrogens is 250 g/mol. The van der Waals surface area contributed by atoms with Crippen molar-refractivity contribution in [2.45, 2.75) is 20.3 Å². The van der Waals surface area contributed by atoms with E-state index in [2.05, 4.69) is 10.0 Å². The van der Waals surface area contributed by atoms with Crippen LogP contribution in [0.4, 0.5) is 0 Å². The summed E-state index contributed by atoms with van der Waals surface area (Å²) >= 11 is 0. The number of nitrogens with one attached hydrogen (secondary N) is 2. The van der Waals surface area contributed by atoms with Gasteiger partial charge in [-0.15, -0.1) is 12.4 Å². The van der Waals surface area contributed by atoms with Gasteiger partial charge in [0.1, 0.15) is 0 Å². The molecular formula is C9H22ClN3O2S. The number of hydrogen-bond donors (Lipinski definition) is 2. The molecule has 98 valence electrons. The molecule has 1 saturated heterocycles. The summed E-state index contributed by atoms with van der Waals surface area (Å²) in [6.07, 6.45) is 1.06. The molecule has 1 rings (SSSR count). The normalized spacial score (nSPS) is 21.1. The van der Waals surface area contributed by atoms with Gasteiger partial charge >= 0.3 is 0 Å². The zero-order valence-corrected chi connectivity index (χ0v) is 11.5. The van der Waals surface area contributed by atoms with E-state index in [0.29, 0.717) is 25.6 Å². The number of nitrogens with zero attached hydrogens (tertiary/aromatic N) is 1. The first-order valence-electron chi connectivity index (χ1n) is 5.55. The summed E-state index contributed by atoms with van der Waals surface area (Å²) in [5, 5.41) is 3.22. The highest BCUT2D eigenvalue weighted by Crippen LogP contribution is 2.06. The molecule has 0 aromatic heterocycles. The summed E-state index contributed by atoms with van der Waals surface area (Å²) in [4.78, 5) is 0. The Labute approximate surface area is 105 Å². The van der Waals surface area contributed by atoms with Crippen LogP contribution in [0.3, 0.4) is 0 Å². The molecule has 0 spiro atoms. The molecule has 0 aromatic rings. The van der Waals surface area contributed by atoms with Crippen molar-refractivity contribution in [3.8, 4) is 0 Å². The molecule has 16 heavy (non-hydrogen) atoms. The molecule has 0 aliphatic carbocycles. The van der Waals surface area contributed by atoms with E-state index in [9.17, 15) is 8.42 Å². The highest BCUT2D eigenvalue weighted by Gasteiger charge is 2.21. The molecule has 0 amide bonds. The predicted molar refractivity (Wildman–Crippen MR) is 68.1 cm³/mol. The third kappa shape index (κ3) is 4.55. The molecule has 0 aromatic carbocycles. The first-order chi connectivity index (χ1) is 7.10. The molecule has 2 N–H and O–H groups in total. The van der Waals surface area contributed by atoms with Crippen LogP contribution in [0, 0.1) is 5.92 Å². The number of rotatable bonds is 6. The first-order valence-corrected chi connectivity index (χ1v) is 6.99. The Morgan fingerprint density at radius 3 is 2.44 bits per heavy atom. The van der Waals surface area contributed by atoms with Gasteiger partial charge in [-0.1, -0.05) is 13.8 Å². The summed E-state index contributed by atoms with van der Waals surface area (Å²) in [6, 6.07) is 0. The second kappa shape index (κ2) is 7.45. The lowest BCUT2D eigenvalue weighted by Crippen LogP contribution is -2.42. The van der Waals surface area contributed by atoms with Gasteiger partial charge in [0.2, 0.25) is 0 Å². The maximum absolute atomic E-state index is 11.7. The van der Waals surface area contributed by atoms with Crippen LogP contribution in [-0.2, 0) is 10.2 Å². The Bertz CT molecular complexity index is 274. The highest BCUT2D eigenvalue weighted by atomic mass is 35.5. The van der Waals surface area contributed by atoms with E-state index in [1.165, 1.54) is 4.31 Å². The van der Waals surface area contributed by atoms with E-state index < -0.39 is 10.2 Å². The largest absolute Gasteiger partial charge is 0.316 e. The lowest BCUT2D eigenvalue weighted by atomic mass is 10.1. The lowest BCUT2D eigenvalue weighted by molar-refractivity contribution is 0.428. The van der Waals surface area contributed by atoms with Gasteiger partial charge in [0.25, 0.3) is 10.2 Å². The topological polar surface area (TPSA) is 61.4 Å². The second-order valence-corrected chi connectivity index (χ2v) is 5.55. The monoisotopic (exact) mass is 271 g/mol. The minimum Gasteiger partial charge on any atom is -0.316 e. The third-order valence-corrected chi connectivity index (χ3v) is 4.49. The van der Waals surface area contributed by atoms with Crippen LogP contribution in [-0.4, -0.2) is 45.4 Å². The summed E-state index contributed by atoms with van der Waals surface area (Å²) < 4.78 is 27.6. The van der Waals surface area contributed by atoms with E-state index in [1.54, 1.807) is 0 Å². The van der Waals surface area contributed by atoms with Crippen LogP contribution < -0.4 is 10.0 Å². The van der Waals surface area contributed by atoms with Crippen molar-refractivity contribution in [2.75, 3.05) is 32.7 Å². The van der Waals surface area contributed by atoms with Gasteiger partial charge in [-0.3, -0.25) is 0 Å². The molecule has 1 unspecified atom stereocenters. The van der Waals surface area contributed by atoms with Gasteiger partial charge in [0.15, 0.2) is 0 Å². The molecule has 1 aliphatic rings. The fraction of sp³-hybridized carbons (Fsp3) is 1.00. The minimum absolute atomic E-state index is 0. The molecule has 5 nitrogen and oxygen atoms in total. The molecule has 0 bridgehead atoms. The Morgan fingerprint density at radius 1 is 1.38 bits per heavy atom. The summed E-state index contributed by atoms with van der Waals surface area (Å²) in [5.41, 5.74) is 0. The van der Waals surface area contributed by atoms with Gasteiger partial charge in [-0.25, -0.2) is 4.72 Å². The lowest BCUT2D eigenvalue weighted by Gasteiger charge is -2.20. The summed E-state index contributed by atoms with van der Waals surface area (Å²) in [6.45, 7) is 7.20. The zero-order chi connectivity index (χ0) is 11.3. The molecule has 0 radical (unpaired) electrons. The molecule has 1 heterocycles. The van der Waals surface area contributed by atoms with Gasteiger partial charge in [-0.2, -0.15) is 12.7 Å². The maximum Gasteiger partial charge on any atom is 0.279 e. The SMILES string of the molecule is CCN(CC)S(=O)(=O)NCC1CCNC1.Cl. The van der Waals surface area contributed by atoms with Crippen LogP contribution in [0.2, 0.25) is 0 Å². The molecule has 1 fully saturated rings. The van der Waals surface area contributed by atoms with Crippen molar-refractivity contribution in [1.29, 1.82) is 0 Å². The number of hydrogen-bond acceptors (Lipinski definition) is 3. The van der Waals surface area contributed by atoms with Crippen LogP contribution in [0.25, 0.3) is 0 Å². The average molecular weight is 272 g/mol. The van der Waals surface area contributed by atoms with E-state index >= 15 is 0 Å². The quantitative estimate of drug-likeness (QED) is 0.725. The minimum atomic E-state index is -3.25.